The number of nitrogens with zero attached hydrogens (tertiary/aromatic N) is 1. The average molecular weight is 271 g/mol. The molecule has 0 aromatic rings. The molecule has 0 saturated carbocycles. The summed E-state index contributed by atoms with van der Waals surface area (Å²) in [5, 5.41) is 3.62. The zero-order chi connectivity index (χ0) is 15.1. The fraction of sp³-hybridized carbons (Fsp3) is 1.00. The minimum absolute atomic E-state index is 0.383. The Morgan fingerprint density at radius 1 is 0.947 bits per heavy atom. The van der Waals surface area contributed by atoms with Gasteiger partial charge in [0.1, 0.15) is 0 Å². The van der Waals surface area contributed by atoms with Gasteiger partial charge in [-0.25, -0.2) is 0 Å². The summed E-state index contributed by atoms with van der Waals surface area (Å²) in [5.74, 6) is 1.50. The maximum absolute atomic E-state index is 3.62. The molecule has 0 amide bonds. The topological polar surface area (TPSA) is 15.3 Å². The third kappa shape index (κ3) is 9.45. The zero-order valence-corrected chi connectivity index (χ0v) is 14.7. The number of rotatable bonds is 10. The van der Waals surface area contributed by atoms with E-state index in [1.165, 1.54) is 26.1 Å². The Kier molecular flexibility index (Phi) is 8.93. The van der Waals surface area contributed by atoms with Crippen molar-refractivity contribution in [3.05, 3.63) is 0 Å². The van der Waals surface area contributed by atoms with Gasteiger partial charge in [0.05, 0.1) is 0 Å². The molecule has 0 radical (unpaired) electrons. The van der Waals surface area contributed by atoms with Crippen molar-refractivity contribution in [3.63, 3.8) is 0 Å². The van der Waals surface area contributed by atoms with Gasteiger partial charge in [0.2, 0.25) is 0 Å². The highest BCUT2D eigenvalue weighted by Gasteiger charge is 2.26. The quantitative estimate of drug-likeness (QED) is 0.645. The molecule has 1 atom stereocenters. The van der Waals surface area contributed by atoms with Crippen LogP contribution in [0.1, 0.15) is 61.8 Å². The van der Waals surface area contributed by atoms with Crippen molar-refractivity contribution < 1.29 is 0 Å². The Hall–Kier alpha value is -0.0800. The fourth-order valence-electron chi connectivity index (χ4n) is 2.52. The van der Waals surface area contributed by atoms with Crippen molar-refractivity contribution in [1.29, 1.82) is 0 Å². The Labute approximate surface area is 122 Å². The second-order valence-electron chi connectivity index (χ2n) is 7.68. The molecular weight excluding hydrogens is 232 g/mol. The predicted octanol–water partition coefficient (Wildman–Crippen LogP) is 4.01. The SMILES string of the molecule is CCC(C)(CNC(C)C)CN(CC(C)C)CC(C)C. The minimum atomic E-state index is 0.383. The van der Waals surface area contributed by atoms with Crippen molar-refractivity contribution in [2.24, 2.45) is 17.3 Å². The summed E-state index contributed by atoms with van der Waals surface area (Å²) in [6, 6.07) is 0.578. The van der Waals surface area contributed by atoms with Crippen LogP contribution in [0.2, 0.25) is 0 Å². The summed E-state index contributed by atoms with van der Waals surface area (Å²) < 4.78 is 0. The first kappa shape index (κ1) is 18.9. The molecule has 0 aliphatic carbocycles. The maximum Gasteiger partial charge on any atom is 0.00476 e. The number of hydrogen-bond acceptors (Lipinski definition) is 2. The van der Waals surface area contributed by atoms with Crippen LogP contribution < -0.4 is 5.32 Å². The molecule has 0 aromatic carbocycles. The van der Waals surface area contributed by atoms with Crippen LogP contribution >= 0.6 is 0 Å². The molecule has 116 valence electrons. The van der Waals surface area contributed by atoms with Gasteiger partial charge in [-0.2, -0.15) is 0 Å². The van der Waals surface area contributed by atoms with Crippen LogP contribution in [-0.2, 0) is 0 Å². The van der Waals surface area contributed by atoms with Crippen LogP contribution in [0.3, 0.4) is 0 Å². The summed E-state index contributed by atoms with van der Waals surface area (Å²) in [7, 11) is 0. The second-order valence-corrected chi connectivity index (χ2v) is 7.68. The molecule has 1 N–H and O–H groups in total. The molecule has 0 rings (SSSR count). The lowest BCUT2D eigenvalue weighted by molar-refractivity contribution is 0.128. The molecule has 0 heterocycles. The van der Waals surface area contributed by atoms with Crippen LogP contribution in [0.5, 0.6) is 0 Å². The first-order valence-electron chi connectivity index (χ1n) is 8.14. The molecule has 0 saturated heterocycles. The molecule has 19 heavy (non-hydrogen) atoms. The third-order valence-corrected chi connectivity index (χ3v) is 3.64. The van der Waals surface area contributed by atoms with E-state index in [1.807, 2.05) is 0 Å². The lowest BCUT2D eigenvalue weighted by Crippen LogP contribution is -2.45. The second kappa shape index (κ2) is 8.97. The van der Waals surface area contributed by atoms with E-state index in [-0.39, 0.29) is 0 Å². The summed E-state index contributed by atoms with van der Waals surface area (Å²) >= 11 is 0. The molecule has 0 bridgehead atoms. The molecule has 0 aliphatic rings. The van der Waals surface area contributed by atoms with E-state index in [9.17, 15) is 0 Å². The maximum atomic E-state index is 3.62. The Morgan fingerprint density at radius 2 is 1.42 bits per heavy atom. The minimum Gasteiger partial charge on any atom is -0.314 e. The van der Waals surface area contributed by atoms with Crippen molar-refractivity contribution in [2.45, 2.75) is 67.9 Å². The van der Waals surface area contributed by atoms with Gasteiger partial charge in [0.25, 0.3) is 0 Å². The van der Waals surface area contributed by atoms with Gasteiger partial charge in [-0.1, -0.05) is 55.4 Å². The Bertz CT molecular complexity index is 213. The van der Waals surface area contributed by atoms with Crippen molar-refractivity contribution in [3.8, 4) is 0 Å². The predicted molar refractivity (Wildman–Crippen MR) is 87.7 cm³/mol. The molecule has 1 unspecified atom stereocenters. The smallest absolute Gasteiger partial charge is 0.00476 e. The summed E-state index contributed by atoms with van der Waals surface area (Å²) in [6.45, 7) is 23.3. The van der Waals surface area contributed by atoms with E-state index in [1.54, 1.807) is 0 Å². The van der Waals surface area contributed by atoms with E-state index >= 15 is 0 Å². The van der Waals surface area contributed by atoms with Crippen LogP contribution in [0, 0.1) is 17.3 Å². The lowest BCUT2D eigenvalue weighted by atomic mass is 9.86. The van der Waals surface area contributed by atoms with E-state index < -0.39 is 0 Å². The molecular formula is C17H38N2. The molecule has 0 aromatic heterocycles. The van der Waals surface area contributed by atoms with Gasteiger partial charge in [-0.3, -0.25) is 0 Å². The van der Waals surface area contributed by atoms with E-state index in [0.717, 1.165) is 18.4 Å². The fourth-order valence-corrected chi connectivity index (χ4v) is 2.52. The summed E-state index contributed by atoms with van der Waals surface area (Å²) in [5.41, 5.74) is 0.383. The summed E-state index contributed by atoms with van der Waals surface area (Å²) in [6.07, 6.45) is 1.24. The first-order chi connectivity index (χ1) is 8.68. The van der Waals surface area contributed by atoms with Gasteiger partial charge < -0.3 is 10.2 Å². The number of nitrogens with one attached hydrogen (secondary N) is 1. The number of hydrogen-bond donors (Lipinski definition) is 1. The largest absolute Gasteiger partial charge is 0.314 e. The monoisotopic (exact) mass is 270 g/mol. The standard InChI is InChI=1S/C17H38N2/c1-9-17(8,12-18-16(6)7)13-19(10-14(2)3)11-15(4)5/h14-16,18H,9-13H2,1-8H3. The van der Waals surface area contributed by atoms with E-state index in [2.05, 4.69) is 65.6 Å². The van der Waals surface area contributed by atoms with E-state index in [0.29, 0.717) is 11.5 Å². The van der Waals surface area contributed by atoms with Crippen LogP contribution in [0.4, 0.5) is 0 Å². The van der Waals surface area contributed by atoms with Gasteiger partial charge in [0, 0.05) is 32.2 Å². The molecule has 2 heteroatoms. The lowest BCUT2D eigenvalue weighted by Gasteiger charge is -2.37. The van der Waals surface area contributed by atoms with Gasteiger partial charge >= 0.3 is 0 Å². The highest BCUT2D eigenvalue weighted by Crippen LogP contribution is 2.23. The first-order valence-corrected chi connectivity index (χ1v) is 8.14. The van der Waals surface area contributed by atoms with Gasteiger partial charge in [-0.05, 0) is 23.7 Å². The molecule has 0 spiro atoms. The highest BCUT2D eigenvalue weighted by atomic mass is 15.1. The van der Waals surface area contributed by atoms with Crippen molar-refractivity contribution >= 4 is 0 Å². The molecule has 0 fully saturated rings. The van der Waals surface area contributed by atoms with Gasteiger partial charge in [0.15, 0.2) is 0 Å². The van der Waals surface area contributed by atoms with Crippen molar-refractivity contribution in [2.75, 3.05) is 26.2 Å². The van der Waals surface area contributed by atoms with Crippen LogP contribution in [0.15, 0.2) is 0 Å². The zero-order valence-electron chi connectivity index (χ0n) is 14.7. The molecule has 2 nitrogen and oxygen atoms in total. The molecule has 0 aliphatic heterocycles. The third-order valence-electron chi connectivity index (χ3n) is 3.64. The van der Waals surface area contributed by atoms with Crippen LogP contribution in [-0.4, -0.2) is 37.1 Å². The highest BCUT2D eigenvalue weighted by molar-refractivity contribution is 4.81. The van der Waals surface area contributed by atoms with Crippen molar-refractivity contribution in [1.82, 2.24) is 10.2 Å². The van der Waals surface area contributed by atoms with Crippen LogP contribution in [0.25, 0.3) is 0 Å². The summed E-state index contributed by atoms with van der Waals surface area (Å²) in [4.78, 5) is 2.67. The Morgan fingerprint density at radius 3 is 1.74 bits per heavy atom. The van der Waals surface area contributed by atoms with E-state index in [4.69, 9.17) is 0 Å². The normalized spacial score (nSPS) is 15.8. The Balaban J connectivity index is 4.55. The van der Waals surface area contributed by atoms with Gasteiger partial charge in [-0.15, -0.1) is 0 Å². The average Bonchev–Trinajstić information content (AvgIpc) is 2.24.